The van der Waals surface area contributed by atoms with Crippen LogP contribution in [-0.4, -0.2) is 6.61 Å². The van der Waals surface area contributed by atoms with Crippen molar-refractivity contribution in [2.45, 2.75) is 13.8 Å². The first kappa shape index (κ1) is 12.4. The summed E-state index contributed by atoms with van der Waals surface area (Å²) >= 11 is 0. The Kier molecular flexibility index (Phi) is 4.19. The molecule has 0 saturated carbocycles. The number of rotatable bonds is 4. The summed E-state index contributed by atoms with van der Waals surface area (Å²) in [5.74, 6) is 0.932. The van der Waals surface area contributed by atoms with E-state index in [1.165, 1.54) is 5.56 Å². The average molecular weight is 238 g/mol. The van der Waals surface area contributed by atoms with Crippen LogP contribution in [0.5, 0.6) is 0 Å². The Labute approximate surface area is 109 Å². The molecule has 1 heteroatoms. The molecule has 2 aromatic carbocycles. The Morgan fingerprint density at radius 1 is 1.00 bits per heavy atom. The van der Waals surface area contributed by atoms with Crippen molar-refractivity contribution in [2.75, 3.05) is 6.61 Å². The van der Waals surface area contributed by atoms with Gasteiger partial charge in [-0.05, 0) is 31.1 Å². The Hall–Kier alpha value is -2.02. The van der Waals surface area contributed by atoms with Gasteiger partial charge in [-0.3, -0.25) is 0 Å². The Morgan fingerprint density at radius 3 is 2.33 bits per heavy atom. The zero-order valence-corrected chi connectivity index (χ0v) is 10.9. The van der Waals surface area contributed by atoms with Crippen molar-refractivity contribution in [2.24, 2.45) is 0 Å². The molecule has 0 heterocycles. The highest BCUT2D eigenvalue weighted by molar-refractivity contribution is 5.78. The van der Waals surface area contributed by atoms with Crippen LogP contribution in [0.15, 0.2) is 54.6 Å². The fourth-order valence-corrected chi connectivity index (χ4v) is 1.90. The van der Waals surface area contributed by atoms with Gasteiger partial charge in [-0.2, -0.15) is 0 Å². The first-order valence-corrected chi connectivity index (χ1v) is 6.27. The molecule has 0 aliphatic carbocycles. The maximum Gasteiger partial charge on any atom is 0.127 e. The lowest BCUT2D eigenvalue weighted by atomic mass is 10.1. The Balaban J connectivity index is 2.41. The van der Waals surface area contributed by atoms with E-state index in [-0.39, 0.29) is 0 Å². The lowest BCUT2D eigenvalue weighted by Crippen LogP contribution is -1.94. The van der Waals surface area contributed by atoms with E-state index in [1.54, 1.807) is 0 Å². The fourth-order valence-electron chi connectivity index (χ4n) is 1.90. The third-order valence-electron chi connectivity index (χ3n) is 2.81. The minimum atomic E-state index is 0.674. The summed E-state index contributed by atoms with van der Waals surface area (Å²) in [7, 11) is 0. The van der Waals surface area contributed by atoms with Gasteiger partial charge in [0.15, 0.2) is 0 Å². The minimum Gasteiger partial charge on any atom is -0.493 e. The molecule has 2 rings (SSSR count). The molecule has 0 fully saturated rings. The molecule has 0 aliphatic heterocycles. The minimum absolute atomic E-state index is 0.674. The van der Waals surface area contributed by atoms with Gasteiger partial charge in [-0.1, -0.05) is 54.6 Å². The summed E-state index contributed by atoms with van der Waals surface area (Å²) in [6.07, 6.45) is 2.09. The van der Waals surface area contributed by atoms with E-state index in [4.69, 9.17) is 4.74 Å². The van der Waals surface area contributed by atoms with Gasteiger partial charge in [0, 0.05) is 5.56 Å². The summed E-state index contributed by atoms with van der Waals surface area (Å²) in [6.45, 7) is 4.79. The molecule has 0 bridgehead atoms. The van der Waals surface area contributed by atoms with E-state index in [2.05, 4.69) is 37.3 Å². The van der Waals surface area contributed by atoms with Crippen LogP contribution < -0.4 is 0 Å². The van der Waals surface area contributed by atoms with E-state index in [9.17, 15) is 0 Å². The van der Waals surface area contributed by atoms with Crippen LogP contribution in [0.4, 0.5) is 0 Å². The topological polar surface area (TPSA) is 9.23 Å². The van der Waals surface area contributed by atoms with Gasteiger partial charge in [0.25, 0.3) is 0 Å². The van der Waals surface area contributed by atoms with Crippen molar-refractivity contribution in [3.63, 3.8) is 0 Å². The SMILES string of the molecule is CCO/C(=C/c1ccccc1)c1ccccc1C. The van der Waals surface area contributed by atoms with E-state index in [0.29, 0.717) is 6.61 Å². The van der Waals surface area contributed by atoms with Gasteiger partial charge in [-0.25, -0.2) is 0 Å². The van der Waals surface area contributed by atoms with Crippen molar-refractivity contribution in [1.82, 2.24) is 0 Å². The second kappa shape index (κ2) is 6.06. The van der Waals surface area contributed by atoms with Crippen LogP contribution in [0.1, 0.15) is 23.6 Å². The summed E-state index contributed by atoms with van der Waals surface area (Å²) in [4.78, 5) is 0. The first-order chi connectivity index (χ1) is 8.81. The molecule has 1 nitrogen and oxygen atoms in total. The van der Waals surface area contributed by atoms with Crippen molar-refractivity contribution in [1.29, 1.82) is 0 Å². The number of hydrogen-bond acceptors (Lipinski definition) is 1. The quantitative estimate of drug-likeness (QED) is 0.561. The van der Waals surface area contributed by atoms with Crippen molar-refractivity contribution in [3.05, 3.63) is 71.3 Å². The van der Waals surface area contributed by atoms with Crippen LogP contribution in [0.2, 0.25) is 0 Å². The van der Waals surface area contributed by atoms with Gasteiger partial charge >= 0.3 is 0 Å². The van der Waals surface area contributed by atoms with Gasteiger partial charge < -0.3 is 4.74 Å². The highest BCUT2D eigenvalue weighted by Crippen LogP contribution is 2.22. The molecular formula is C17H18O. The van der Waals surface area contributed by atoms with Crippen molar-refractivity contribution >= 4 is 11.8 Å². The van der Waals surface area contributed by atoms with Crippen LogP contribution in [0.25, 0.3) is 11.8 Å². The highest BCUT2D eigenvalue weighted by Gasteiger charge is 2.05. The monoisotopic (exact) mass is 238 g/mol. The van der Waals surface area contributed by atoms with Crippen molar-refractivity contribution < 1.29 is 4.74 Å². The summed E-state index contributed by atoms with van der Waals surface area (Å²) in [5, 5.41) is 0. The molecule has 0 N–H and O–H groups in total. The van der Waals surface area contributed by atoms with Crippen LogP contribution >= 0.6 is 0 Å². The number of benzene rings is 2. The van der Waals surface area contributed by atoms with E-state index in [1.807, 2.05) is 37.3 Å². The average Bonchev–Trinajstić information content (AvgIpc) is 2.40. The molecule has 0 atom stereocenters. The molecular weight excluding hydrogens is 220 g/mol. The van der Waals surface area contributed by atoms with Crippen molar-refractivity contribution in [3.8, 4) is 0 Å². The predicted octanol–water partition coefficient (Wildman–Crippen LogP) is 4.53. The zero-order chi connectivity index (χ0) is 12.8. The van der Waals surface area contributed by atoms with Crippen LogP contribution in [-0.2, 0) is 4.74 Å². The summed E-state index contributed by atoms with van der Waals surface area (Å²) < 4.78 is 5.77. The van der Waals surface area contributed by atoms with Crippen LogP contribution in [0.3, 0.4) is 0 Å². The molecule has 0 radical (unpaired) electrons. The molecule has 0 amide bonds. The smallest absolute Gasteiger partial charge is 0.127 e. The summed E-state index contributed by atoms with van der Waals surface area (Å²) in [5.41, 5.74) is 3.54. The largest absolute Gasteiger partial charge is 0.493 e. The van der Waals surface area contributed by atoms with Gasteiger partial charge in [0.05, 0.1) is 6.61 Å². The fraction of sp³-hybridized carbons (Fsp3) is 0.176. The molecule has 0 unspecified atom stereocenters. The number of ether oxygens (including phenoxy) is 1. The molecule has 0 aromatic heterocycles. The van der Waals surface area contributed by atoms with Gasteiger partial charge in [0.1, 0.15) is 5.76 Å². The molecule has 92 valence electrons. The molecule has 0 saturated heterocycles. The molecule has 2 aromatic rings. The second-order valence-electron chi connectivity index (χ2n) is 4.17. The molecule has 0 spiro atoms. The highest BCUT2D eigenvalue weighted by atomic mass is 16.5. The third-order valence-corrected chi connectivity index (χ3v) is 2.81. The number of aryl methyl sites for hydroxylation is 1. The van der Waals surface area contributed by atoms with Gasteiger partial charge in [-0.15, -0.1) is 0 Å². The molecule has 18 heavy (non-hydrogen) atoms. The first-order valence-electron chi connectivity index (χ1n) is 6.27. The predicted molar refractivity (Wildman–Crippen MR) is 77.1 cm³/mol. The lowest BCUT2D eigenvalue weighted by Gasteiger charge is -2.11. The zero-order valence-electron chi connectivity index (χ0n) is 10.9. The lowest BCUT2D eigenvalue weighted by molar-refractivity contribution is 0.300. The molecule has 0 aliphatic rings. The van der Waals surface area contributed by atoms with E-state index >= 15 is 0 Å². The normalized spacial score (nSPS) is 11.3. The maximum absolute atomic E-state index is 5.77. The van der Waals surface area contributed by atoms with E-state index < -0.39 is 0 Å². The standard InChI is InChI=1S/C17H18O/c1-3-18-17(13-15-10-5-4-6-11-15)16-12-8-7-9-14(16)2/h4-13H,3H2,1-2H3/b17-13+. The maximum atomic E-state index is 5.77. The second-order valence-corrected chi connectivity index (χ2v) is 4.17. The Morgan fingerprint density at radius 2 is 1.67 bits per heavy atom. The summed E-state index contributed by atoms with van der Waals surface area (Å²) in [6, 6.07) is 18.5. The Bertz CT molecular complexity index is 526. The van der Waals surface area contributed by atoms with E-state index in [0.717, 1.165) is 16.9 Å². The van der Waals surface area contributed by atoms with Crippen LogP contribution in [0, 0.1) is 6.92 Å². The van der Waals surface area contributed by atoms with Gasteiger partial charge in [0.2, 0.25) is 0 Å². The third kappa shape index (κ3) is 3.01. The number of hydrogen-bond donors (Lipinski definition) is 0.